The van der Waals surface area contributed by atoms with E-state index in [0.29, 0.717) is 33.0 Å². The fraction of sp³-hybridized carbons (Fsp3) is 0.188. The standard InChI is InChI=1S/C16H16ClFN2O2S/c1-9-6-10(18)4-5-12(9)19-16(23)20-13-7-11(17)14(21-2)8-15(13)22-3/h4-8H,1-3H3,(H2,19,20,23). The Morgan fingerprint density at radius 2 is 1.70 bits per heavy atom. The van der Waals surface area contributed by atoms with Gasteiger partial charge >= 0.3 is 0 Å². The maximum atomic E-state index is 13.1. The summed E-state index contributed by atoms with van der Waals surface area (Å²) in [7, 11) is 3.06. The van der Waals surface area contributed by atoms with Crippen LogP contribution in [0.5, 0.6) is 11.5 Å². The zero-order valence-electron chi connectivity index (χ0n) is 12.9. The molecule has 0 atom stereocenters. The molecular weight excluding hydrogens is 339 g/mol. The number of aryl methyl sites for hydroxylation is 1. The second kappa shape index (κ2) is 7.48. The minimum atomic E-state index is -0.296. The first-order chi connectivity index (χ1) is 10.9. The van der Waals surface area contributed by atoms with Crippen molar-refractivity contribution in [2.45, 2.75) is 6.92 Å². The number of benzene rings is 2. The quantitative estimate of drug-likeness (QED) is 0.784. The average Bonchev–Trinajstić information content (AvgIpc) is 2.50. The molecule has 0 aliphatic heterocycles. The molecule has 4 nitrogen and oxygen atoms in total. The molecule has 0 unspecified atom stereocenters. The summed E-state index contributed by atoms with van der Waals surface area (Å²) in [6, 6.07) is 7.73. The van der Waals surface area contributed by atoms with Crippen molar-refractivity contribution in [3.63, 3.8) is 0 Å². The predicted molar refractivity (Wildman–Crippen MR) is 95.5 cm³/mol. The predicted octanol–water partition coefficient (Wildman–Crippen LogP) is 4.61. The normalized spacial score (nSPS) is 10.1. The molecule has 0 aliphatic carbocycles. The first-order valence-electron chi connectivity index (χ1n) is 6.70. The Kier molecular flexibility index (Phi) is 5.63. The molecule has 2 N–H and O–H groups in total. The van der Waals surface area contributed by atoms with Crippen LogP contribution in [0.4, 0.5) is 15.8 Å². The van der Waals surface area contributed by atoms with Crippen LogP contribution in [0.25, 0.3) is 0 Å². The molecule has 2 rings (SSSR count). The van der Waals surface area contributed by atoms with Gasteiger partial charge in [-0.1, -0.05) is 11.6 Å². The summed E-state index contributed by atoms with van der Waals surface area (Å²) in [6.45, 7) is 1.79. The first kappa shape index (κ1) is 17.3. The van der Waals surface area contributed by atoms with Crippen LogP contribution in [-0.4, -0.2) is 19.3 Å². The SMILES string of the molecule is COc1cc(OC)c(NC(=S)Nc2ccc(F)cc2C)cc1Cl. The van der Waals surface area contributed by atoms with Gasteiger partial charge in [-0.05, 0) is 49.0 Å². The van der Waals surface area contributed by atoms with Gasteiger partial charge in [0.2, 0.25) is 0 Å². The van der Waals surface area contributed by atoms with E-state index < -0.39 is 0 Å². The molecule has 0 heterocycles. The summed E-state index contributed by atoms with van der Waals surface area (Å²) in [5.41, 5.74) is 2.05. The molecule has 23 heavy (non-hydrogen) atoms. The summed E-state index contributed by atoms with van der Waals surface area (Å²) in [4.78, 5) is 0. The molecular formula is C16H16ClFN2O2S. The van der Waals surface area contributed by atoms with Crippen LogP contribution in [0.3, 0.4) is 0 Å². The molecule has 0 saturated heterocycles. The van der Waals surface area contributed by atoms with Crippen LogP contribution in [0.2, 0.25) is 5.02 Å². The Hall–Kier alpha value is -2.05. The van der Waals surface area contributed by atoms with Gasteiger partial charge in [0.05, 0.1) is 24.9 Å². The summed E-state index contributed by atoms with van der Waals surface area (Å²) in [6.07, 6.45) is 0. The molecule has 2 aromatic carbocycles. The van der Waals surface area contributed by atoms with E-state index in [0.717, 1.165) is 5.56 Å². The second-order valence-electron chi connectivity index (χ2n) is 4.73. The summed E-state index contributed by atoms with van der Waals surface area (Å²) >= 11 is 11.4. The molecule has 0 saturated carbocycles. The maximum absolute atomic E-state index is 13.1. The van der Waals surface area contributed by atoms with Gasteiger partial charge in [0, 0.05) is 11.8 Å². The zero-order chi connectivity index (χ0) is 17.0. The highest BCUT2D eigenvalue weighted by Gasteiger charge is 2.11. The summed E-state index contributed by atoms with van der Waals surface area (Å²) in [5, 5.41) is 6.77. The zero-order valence-corrected chi connectivity index (χ0v) is 14.4. The van der Waals surface area contributed by atoms with E-state index in [9.17, 15) is 4.39 Å². The number of halogens is 2. The van der Waals surface area contributed by atoms with E-state index in [4.69, 9.17) is 33.3 Å². The Balaban J connectivity index is 2.18. The molecule has 0 radical (unpaired) electrons. The monoisotopic (exact) mass is 354 g/mol. The molecule has 122 valence electrons. The fourth-order valence-electron chi connectivity index (χ4n) is 2.00. The highest BCUT2D eigenvalue weighted by molar-refractivity contribution is 7.80. The number of hydrogen-bond acceptors (Lipinski definition) is 3. The van der Waals surface area contributed by atoms with E-state index in [-0.39, 0.29) is 5.82 Å². The van der Waals surface area contributed by atoms with E-state index in [1.807, 2.05) is 0 Å². The summed E-state index contributed by atoms with van der Waals surface area (Å²) < 4.78 is 23.6. The molecule has 0 aliphatic rings. The third-order valence-corrected chi connectivity index (χ3v) is 3.66. The lowest BCUT2D eigenvalue weighted by atomic mass is 10.2. The van der Waals surface area contributed by atoms with Crippen LogP contribution in [0.15, 0.2) is 30.3 Å². The van der Waals surface area contributed by atoms with Crippen molar-refractivity contribution >= 4 is 40.3 Å². The van der Waals surface area contributed by atoms with Crippen LogP contribution >= 0.6 is 23.8 Å². The maximum Gasteiger partial charge on any atom is 0.175 e. The third-order valence-electron chi connectivity index (χ3n) is 3.16. The van der Waals surface area contributed by atoms with Gasteiger partial charge in [0.1, 0.15) is 17.3 Å². The lowest BCUT2D eigenvalue weighted by Gasteiger charge is -2.16. The fourth-order valence-corrected chi connectivity index (χ4v) is 2.46. The molecule has 7 heteroatoms. The molecule has 0 amide bonds. The summed E-state index contributed by atoms with van der Waals surface area (Å²) in [5.74, 6) is 0.740. The second-order valence-corrected chi connectivity index (χ2v) is 5.54. The largest absolute Gasteiger partial charge is 0.495 e. The third kappa shape index (κ3) is 4.24. The van der Waals surface area contributed by atoms with Crippen molar-refractivity contribution < 1.29 is 13.9 Å². The van der Waals surface area contributed by atoms with Crippen LogP contribution in [0.1, 0.15) is 5.56 Å². The van der Waals surface area contributed by atoms with E-state index in [1.165, 1.54) is 26.4 Å². The molecule has 2 aromatic rings. The molecule has 0 spiro atoms. The molecule has 0 fully saturated rings. The Labute approximate surface area is 144 Å². The van der Waals surface area contributed by atoms with Crippen molar-refractivity contribution in [1.29, 1.82) is 0 Å². The van der Waals surface area contributed by atoms with Gasteiger partial charge in [-0.25, -0.2) is 4.39 Å². The Bertz CT molecular complexity index is 740. The highest BCUT2D eigenvalue weighted by Crippen LogP contribution is 2.36. The Morgan fingerprint density at radius 3 is 2.30 bits per heavy atom. The minimum Gasteiger partial charge on any atom is -0.495 e. The number of thiocarbonyl (C=S) groups is 1. The lowest BCUT2D eigenvalue weighted by molar-refractivity contribution is 0.396. The number of nitrogens with one attached hydrogen (secondary N) is 2. The van der Waals surface area contributed by atoms with E-state index in [2.05, 4.69) is 10.6 Å². The number of ether oxygens (including phenoxy) is 2. The Morgan fingerprint density at radius 1 is 1.04 bits per heavy atom. The highest BCUT2D eigenvalue weighted by atomic mass is 35.5. The van der Waals surface area contributed by atoms with Gasteiger partial charge in [-0.15, -0.1) is 0 Å². The number of hydrogen-bond donors (Lipinski definition) is 2. The van der Waals surface area contributed by atoms with E-state index in [1.54, 1.807) is 25.1 Å². The van der Waals surface area contributed by atoms with Crippen molar-refractivity contribution in [1.82, 2.24) is 0 Å². The van der Waals surface area contributed by atoms with Crippen LogP contribution < -0.4 is 20.1 Å². The van der Waals surface area contributed by atoms with Crippen molar-refractivity contribution in [2.75, 3.05) is 24.9 Å². The lowest BCUT2D eigenvalue weighted by Crippen LogP contribution is -2.20. The van der Waals surface area contributed by atoms with E-state index >= 15 is 0 Å². The van der Waals surface area contributed by atoms with Gasteiger partial charge in [-0.3, -0.25) is 0 Å². The average molecular weight is 355 g/mol. The van der Waals surface area contributed by atoms with Gasteiger partial charge in [0.25, 0.3) is 0 Å². The molecule has 0 aromatic heterocycles. The van der Waals surface area contributed by atoms with Crippen molar-refractivity contribution in [3.05, 3.63) is 46.7 Å². The molecule has 0 bridgehead atoms. The topological polar surface area (TPSA) is 42.5 Å². The van der Waals surface area contributed by atoms with Gasteiger partial charge in [0.15, 0.2) is 5.11 Å². The smallest absolute Gasteiger partial charge is 0.175 e. The number of rotatable bonds is 4. The van der Waals surface area contributed by atoms with Crippen LogP contribution in [0, 0.1) is 12.7 Å². The van der Waals surface area contributed by atoms with Gasteiger partial charge < -0.3 is 20.1 Å². The van der Waals surface area contributed by atoms with Crippen molar-refractivity contribution in [3.8, 4) is 11.5 Å². The van der Waals surface area contributed by atoms with Gasteiger partial charge in [-0.2, -0.15) is 0 Å². The van der Waals surface area contributed by atoms with Crippen LogP contribution in [-0.2, 0) is 0 Å². The minimum absolute atomic E-state index is 0.296. The first-order valence-corrected chi connectivity index (χ1v) is 7.49. The number of anilines is 2. The van der Waals surface area contributed by atoms with Crippen molar-refractivity contribution in [2.24, 2.45) is 0 Å². The number of methoxy groups -OCH3 is 2.